The summed E-state index contributed by atoms with van der Waals surface area (Å²) in [6.45, 7) is 10.4. The maximum absolute atomic E-state index is 13.4. The van der Waals surface area contributed by atoms with Crippen molar-refractivity contribution in [2.45, 2.75) is 44.7 Å². The second-order valence-electron chi connectivity index (χ2n) is 13.5. The molecule has 0 saturated carbocycles. The molecule has 2 fully saturated rings. The summed E-state index contributed by atoms with van der Waals surface area (Å²) in [4.78, 5) is 41.8. The fourth-order valence-electron chi connectivity index (χ4n) is 6.99. The van der Waals surface area contributed by atoms with Crippen LogP contribution in [-0.2, 0) is 19.8 Å². The number of aliphatic imine (C=N–C) groups is 2. The molecule has 2 saturated heterocycles. The third-order valence-electron chi connectivity index (χ3n) is 9.30. The number of fused-ring (bicyclic) bond motifs is 4. The Morgan fingerprint density at radius 2 is 1.12 bits per heavy atom. The van der Waals surface area contributed by atoms with Crippen molar-refractivity contribution in [2.24, 2.45) is 9.98 Å². The van der Waals surface area contributed by atoms with E-state index in [1.807, 2.05) is 32.6 Å². The molecular formula is C39H41N5O6. The molecule has 3 aromatic rings. The van der Waals surface area contributed by atoms with E-state index in [0.29, 0.717) is 78.0 Å². The highest BCUT2D eigenvalue weighted by Gasteiger charge is 2.35. The molecule has 11 heteroatoms. The van der Waals surface area contributed by atoms with E-state index in [4.69, 9.17) is 18.9 Å². The van der Waals surface area contributed by atoms with E-state index in [9.17, 15) is 9.59 Å². The number of carbonyl (C=O) groups excluding carboxylic acids is 2. The zero-order valence-electron chi connectivity index (χ0n) is 28.9. The molecule has 0 aromatic heterocycles. The molecule has 7 rings (SSSR count). The van der Waals surface area contributed by atoms with Crippen LogP contribution in [0.3, 0.4) is 0 Å². The monoisotopic (exact) mass is 675 g/mol. The molecule has 0 radical (unpaired) electrons. The van der Waals surface area contributed by atoms with Gasteiger partial charge in [0, 0.05) is 44.2 Å². The number of nitrogens with zero attached hydrogens (tertiary/aromatic N) is 5. The van der Waals surface area contributed by atoms with Gasteiger partial charge < -0.3 is 33.6 Å². The fourth-order valence-corrected chi connectivity index (χ4v) is 6.99. The number of rotatable bonds is 10. The van der Waals surface area contributed by atoms with Crippen LogP contribution in [0.5, 0.6) is 23.0 Å². The first-order chi connectivity index (χ1) is 24.1. The van der Waals surface area contributed by atoms with E-state index >= 15 is 0 Å². The first kappa shape index (κ1) is 33.1. The number of ether oxygens (including phenoxy) is 4. The van der Waals surface area contributed by atoms with Crippen LogP contribution in [0.15, 0.2) is 76.8 Å². The van der Waals surface area contributed by atoms with Gasteiger partial charge in [0.2, 0.25) is 0 Å². The summed E-state index contributed by atoms with van der Waals surface area (Å²) in [6, 6.07) is 13.0. The van der Waals surface area contributed by atoms with Crippen molar-refractivity contribution in [3.63, 3.8) is 0 Å². The molecular weight excluding hydrogens is 634 g/mol. The van der Waals surface area contributed by atoms with Crippen molar-refractivity contribution in [3.8, 4) is 23.0 Å². The largest absolute Gasteiger partial charge is 0.493 e. The van der Waals surface area contributed by atoms with Crippen LogP contribution < -0.4 is 18.9 Å². The van der Waals surface area contributed by atoms with Gasteiger partial charge in [0.15, 0.2) is 23.0 Å². The SMILES string of the molecule is C=C1C[C@H]2C=Nc3cc(OCc4cc(COc5cc6c(cc5OC)C(=O)N5CC(=C)C[C@H]5C=N6)cc(CN(C)C)c4)c(OC)cc3C(=O)N2C1. The average Bonchev–Trinajstić information content (AvgIpc) is 3.60. The van der Waals surface area contributed by atoms with Crippen molar-refractivity contribution in [2.75, 3.05) is 41.4 Å². The summed E-state index contributed by atoms with van der Waals surface area (Å²) in [6.07, 6.45) is 5.06. The maximum atomic E-state index is 13.4. The van der Waals surface area contributed by atoms with Crippen LogP contribution in [0, 0.1) is 0 Å². The van der Waals surface area contributed by atoms with Gasteiger partial charge in [-0.25, -0.2) is 0 Å². The third kappa shape index (κ3) is 6.48. The van der Waals surface area contributed by atoms with E-state index in [1.54, 1.807) is 48.3 Å². The molecule has 50 heavy (non-hydrogen) atoms. The molecule has 2 atom stereocenters. The van der Waals surface area contributed by atoms with Gasteiger partial charge in [0.05, 0.1) is 48.8 Å². The van der Waals surface area contributed by atoms with Gasteiger partial charge in [-0.15, -0.1) is 0 Å². The highest BCUT2D eigenvalue weighted by Crippen LogP contribution is 2.40. The fraction of sp³-hybridized carbons (Fsp3) is 0.333. The second kappa shape index (κ2) is 13.5. The highest BCUT2D eigenvalue weighted by molar-refractivity contribution is 6.04. The Labute approximate surface area is 292 Å². The van der Waals surface area contributed by atoms with Crippen LogP contribution >= 0.6 is 0 Å². The third-order valence-corrected chi connectivity index (χ3v) is 9.30. The normalized spacial score (nSPS) is 19.2. The van der Waals surface area contributed by atoms with Gasteiger partial charge >= 0.3 is 0 Å². The number of benzene rings is 3. The summed E-state index contributed by atoms with van der Waals surface area (Å²) < 4.78 is 24.0. The summed E-state index contributed by atoms with van der Waals surface area (Å²) >= 11 is 0. The van der Waals surface area contributed by atoms with E-state index in [2.05, 4.69) is 40.2 Å². The number of amides is 2. The second-order valence-corrected chi connectivity index (χ2v) is 13.5. The lowest BCUT2D eigenvalue weighted by molar-refractivity contribution is 0.0769. The number of hydrogen-bond acceptors (Lipinski definition) is 9. The minimum absolute atomic E-state index is 0.0943. The molecule has 0 N–H and O–H groups in total. The van der Waals surface area contributed by atoms with Gasteiger partial charge in [0.25, 0.3) is 11.8 Å². The first-order valence-corrected chi connectivity index (χ1v) is 16.6. The van der Waals surface area contributed by atoms with Crippen LogP contribution in [0.4, 0.5) is 11.4 Å². The van der Waals surface area contributed by atoms with Gasteiger partial charge in [0.1, 0.15) is 13.2 Å². The Kier molecular flexibility index (Phi) is 8.92. The average molecular weight is 676 g/mol. The van der Waals surface area contributed by atoms with E-state index in [-0.39, 0.29) is 37.1 Å². The summed E-state index contributed by atoms with van der Waals surface area (Å²) in [7, 11) is 7.16. The smallest absolute Gasteiger partial charge is 0.257 e. The Bertz CT molecular complexity index is 1830. The van der Waals surface area contributed by atoms with Crippen molar-refractivity contribution in [1.82, 2.24) is 14.7 Å². The topological polar surface area (TPSA) is 105 Å². The molecule has 11 nitrogen and oxygen atoms in total. The predicted molar refractivity (Wildman–Crippen MR) is 192 cm³/mol. The molecule has 3 aromatic carbocycles. The minimum atomic E-state index is -0.0996. The maximum Gasteiger partial charge on any atom is 0.257 e. The lowest BCUT2D eigenvalue weighted by Crippen LogP contribution is -2.35. The van der Waals surface area contributed by atoms with Gasteiger partial charge in [-0.1, -0.05) is 36.4 Å². The molecule has 0 unspecified atom stereocenters. The van der Waals surface area contributed by atoms with Crippen LogP contribution in [0.1, 0.15) is 50.2 Å². The summed E-state index contributed by atoms with van der Waals surface area (Å²) in [5.41, 5.74) is 7.04. The Morgan fingerprint density at radius 3 is 1.54 bits per heavy atom. The van der Waals surface area contributed by atoms with Crippen molar-refractivity contribution < 1.29 is 28.5 Å². The van der Waals surface area contributed by atoms with Gasteiger partial charge in [-0.3, -0.25) is 19.6 Å². The molecule has 2 amide bonds. The number of methoxy groups -OCH3 is 2. The van der Waals surface area contributed by atoms with E-state index in [1.165, 1.54) is 0 Å². The Hall–Kier alpha value is -5.42. The van der Waals surface area contributed by atoms with E-state index < -0.39 is 0 Å². The molecule has 0 spiro atoms. The zero-order chi connectivity index (χ0) is 35.1. The van der Waals surface area contributed by atoms with Crippen molar-refractivity contribution >= 4 is 35.6 Å². The molecule has 0 bridgehead atoms. The molecule has 4 heterocycles. The molecule has 0 aliphatic carbocycles. The molecule has 4 aliphatic heterocycles. The summed E-state index contributed by atoms with van der Waals surface area (Å²) in [5.74, 6) is 1.71. The summed E-state index contributed by atoms with van der Waals surface area (Å²) in [5, 5.41) is 0. The lowest BCUT2D eigenvalue weighted by atomic mass is 10.1. The van der Waals surface area contributed by atoms with Gasteiger partial charge in [-0.2, -0.15) is 0 Å². The minimum Gasteiger partial charge on any atom is -0.493 e. The van der Waals surface area contributed by atoms with Gasteiger partial charge in [-0.05, 0) is 61.8 Å². The molecule has 4 aliphatic rings. The van der Waals surface area contributed by atoms with Crippen LogP contribution in [-0.4, -0.2) is 92.4 Å². The highest BCUT2D eigenvalue weighted by atomic mass is 16.5. The zero-order valence-corrected chi connectivity index (χ0v) is 28.9. The standard InChI is InChI=1S/C39H41N5O6/c1-23-7-28-16-40-32-14-36(34(47-5)12-30(32)38(45)43(28)18-23)49-21-26-9-25(20-42(3)4)10-27(11-26)22-50-37-15-33-31(13-35(37)48-6)39(46)44-19-24(2)8-29(44)17-41-33/h9-17,28-29H,1-2,7-8,18-22H2,3-6H3/t28-,29-/m0/s1. The van der Waals surface area contributed by atoms with E-state index in [0.717, 1.165) is 27.8 Å². The molecule has 258 valence electrons. The first-order valence-electron chi connectivity index (χ1n) is 16.6. The van der Waals surface area contributed by atoms with Crippen LogP contribution in [0.25, 0.3) is 0 Å². The Morgan fingerprint density at radius 1 is 0.680 bits per heavy atom. The van der Waals surface area contributed by atoms with Crippen molar-refractivity contribution in [1.29, 1.82) is 0 Å². The Balaban J connectivity index is 1.12. The van der Waals surface area contributed by atoms with Crippen molar-refractivity contribution in [3.05, 3.63) is 94.6 Å². The predicted octanol–water partition coefficient (Wildman–Crippen LogP) is 5.90. The van der Waals surface area contributed by atoms with Crippen LogP contribution in [0.2, 0.25) is 0 Å². The number of hydrogen-bond donors (Lipinski definition) is 0. The quantitative estimate of drug-likeness (QED) is 0.247. The lowest BCUT2D eigenvalue weighted by Gasteiger charge is -2.20. The number of carbonyl (C=O) groups is 2.